The van der Waals surface area contributed by atoms with Crippen molar-refractivity contribution in [2.75, 3.05) is 23.9 Å². The number of nitrogens with zero attached hydrogens (tertiary/aromatic N) is 3. The number of furan rings is 1. The molecule has 1 amide bonds. The summed E-state index contributed by atoms with van der Waals surface area (Å²) < 4.78 is 6.86. The molecule has 0 aliphatic carbocycles. The number of hydrogen-bond donors (Lipinski definition) is 0. The molecule has 0 saturated carbocycles. The van der Waals surface area contributed by atoms with E-state index in [1.807, 2.05) is 43.3 Å². The summed E-state index contributed by atoms with van der Waals surface area (Å²) in [6.45, 7) is 0. The van der Waals surface area contributed by atoms with Gasteiger partial charge in [0.2, 0.25) is 0 Å². The number of carbonyl (C=O) groups is 1. The molecule has 0 unspecified atom stereocenters. The van der Waals surface area contributed by atoms with Crippen molar-refractivity contribution in [2.45, 2.75) is 0 Å². The molecule has 4 rings (SSSR count). The second kappa shape index (κ2) is 8.89. The van der Waals surface area contributed by atoms with Crippen LogP contribution in [0.3, 0.4) is 0 Å². The van der Waals surface area contributed by atoms with Gasteiger partial charge in [0.05, 0.1) is 15.5 Å². The first kappa shape index (κ1) is 22.3. The molecular weight excluding hydrogens is 514 g/mol. The Hall–Kier alpha value is -2.95. The molecule has 1 saturated heterocycles. The summed E-state index contributed by atoms with van der Waals surface area (Å²) in [5.41, 5.74) is 2.38. The maximum Gasteiger partial charge on any atom is 0.270 e. The SMILES string of the molecule is CN(C)c1ccc(N2C(=O)/C(=C\c3ccc(-c4ccc([N+](=O)[O-])cc4Br)o3)SC2=S)cc1. The minimum absolute atomic E-state index is 0.0188. The Kier molecular flexibility index (Phi) is 6.18. The molecule has 3 aromatic rings. The van der Waals surface area contributed by atoms with E-state index in [1.54, 1.807) is 24.3 Å². The van der Waals surface area contributed by atoms with Gasteiger partial charge in [-0.15, -0.1) is 0 Å². The molecule has 0 atom stereocenters. The van der Waals surface area contributed by atoms with E-state index in [4.69, 9.17) is 16.6 Å². The van der Waals surface area contributed by atoms with Crippen LogP contribution in [0, 0.1) is 10.1 Å². The van der Waals surface area contributed by atoms with Gasteiger partial charge >= 0.3 is 0 Å². The van der Waals surface area contributed by atoms with E-state index < -0.39 is 4.92 Å². The normalized spacial score (nSPS) is 15.0. The van der Waals surface area contributed by atoms with Crippen LogP contribution in [0.5, 0.6) is 0 Å². The lowest BCUT2D eigenvalue weighted by Gasteiger charge is -2.17. The number of benzene rings is 2. The van der Waals surface area contributed by atoms with Crippen LogP contribution < -0.4 is 9.80 Å². The lowest BCUT2D eigenvalue weighted by Crippen LogP contribution is -2.27. The lowest BCUT2D eigenvalue weighted by molar-refractivity contribution is -0.384. The third-order valence-electron chi connectivity index (χ3n) is 4.75. The predicted octanol–water partition coefficient (Wildman–Crippen LogP) is 6.09. The number of thiocarbonyl (C=S) groups is 1. The standard InChI is InChI=1S/C22H16BrN3O4S2/c1-24(2)13-3-5-14(6-4-13)25-21(27)20(32-22(25)31)12-16-8-10-19(30-16)17-9-7-15(26(28)29)11-18(17)23/h3-12H,1-2H3/b20-12+. The molecule has 2 aromatic carbocycles. The van der Waals surface area contributed by atoms with Gasteiger partial charge in [-0.1, -0.05) is 24.0 Å². The summed E-state index contributed by atoms with van der Waals surface area (Å²) >= 11 is 9.99. The quantitative estimate of drug-likeness (QED) is 0.171. The fourth-order valence-electron chi connectivity index (χ4n) is 3.11. The van der Waals surface area contributed by atoms with Gasteiger partial charge in [0.15, 0.2) is 4.32 Å². The van der Waals surface area contributed by atoms with Crippen molar-refractivity contribution in [3.63, 3.8) is 0 Å². The fraction of sp³-hybridized carbons (Fsp3) is 0.0909. The molecule has 0 radical (unpaired) electrons. The van der Waals surface area contributed by atoms with Crippen LogP contribution in [0.25, 0.3) is 17.4 Å². The average Bonchev–Trinajstić information content (AvgIpc) is 3.32. The zero-order valence-electron chi connectivity index (χ0n) is 16.9. The second-order valence-electron chi connectivity index (χ2n) is 7.05. The largest absolute Gasteiger partial charge is 0.457 e. The third kappa shape index (κ3) is 4.34. The molecule has 1 fully saturated rings. The van der Waals surface area contributed by atoms with Crippen LogP contribution in [0.4, 0.5) is 17.1 Å². The number of amides is 1. The Labute approximate surface area is 202 Å². The topological polar surface area (TPSA) is 79.8 Å². The van der Waals surface area contributed by atoms with Gasteiger partial charge in [0.1, 0.15) is 11.5 Å². The van der Waals surface area contributed by atoms with Gasteiger partial charge in [-0.25, -0.2) is 0 Å². The third-order valence-corrected chi connectivity index (χ3v) is 6.71. The Morgan fingerprint density at radius 1 is 1.16 bits per heavy atom. The highest BCUT2D eigenvalue weighted by molar-refractivity contribution is 9.10. The molecule has 0 bridgehead atoms. The van der Waals surface area contributed by atoms with Crippen molar-refractivity contribution in [1.82, 2.24) is 0 Å². The fourth-order valence-corrected chi connectivity index (χ4v) is 4.95. The van der Waals surface area contributed by atoms with Crippen molar-refractivity contribution in [3.8, 4) is 11.3 Å². The van der Waals surface area contributed by atoms with Crippen LogP contribution in [-0.4, -0.2) is 29.2 Å². The van der Waals surface area contributed by atoms with Gasteiger partial charge < -0.3 is 9.32 Å². The van der Waals surface area contributed by atoms with Crippen molar-refractivity contribution < 1.29 is 14.1 Å². The minimum Gasteiger partial charge on any atom is -0.457 e. The summed E-state index contributed by atoms with van der Waals surface area (Å²) in [5, 5.41) is 10.9. The molecule has 0 N–H and O–H groups in total. The van der Waals surface area contributed by atoms with Crippen LogP contribution in [0.15, 0.2) is 68.4 Å². The van der Waals surface area contributed by atoms with Gasteiger partial charge in [-0.05, 0) is 58.4 Å². The molecule has 32 heavy (non-hydrogen) atoms. The zero-order valence-corrected chi connectivity index (χ0v) is 20.2. The monoisotopic (exact) mass is 529 g/mol. The number of thioether (sulfide) groups is 1. The maximum atomic E-state index is 13.0. The van der Waals surface area contributed by atoms with Crippen LogP contribution in [0.2, 0.25) is 0 Å². The van der Waals surface area contributed by atoms with E-state index in [0.717, 1.165) is 5.69 Å². The summed E-state index contributed by atoms with van der Waals surface area (Å²) in [4.78, 5) is 27.4. The van der Waals surface area contributed by atoms with Crippen LogP contribution in [-0.2, 0) is 4.79 Å². The lowest BCUT2D eigenvalue weighted by atomic mass is 10.1. The van der Waals surface area contributed by atoms with E-state index in [1.165, 1.54) is 28.8 Å². The highest BCUT2D eigenvalue weighted by atomic mass is 79.9. The molecule has 1 aromatic heterocycles. The summed E-state index contributed by atoms with van der Waals surface area (Å²) in [5.74, 6) is 0.786. The van der Waals surface area contributed by atoms with Crippen LogP contribution >= 0.6 is 39.9 Å². The highest BCUT2D eigenvalue weighted by Crippen LogP contribution is 2.38. The van der Waals surface area contributed by atoms with Crippen molar-refractivity contribution in [3.05, 3.63) is 79.8 Å². The first-order chi connectivity index (χ1) is 15.2. The van der Waals surface area contributed by atoms with Crippen molar-refractivity contribution in [1.29, 1.82) is 0 Å². The number of nitro groups is 1. The van der Waals surface area contributed by atoms with Crippen LogP contribution in [0.1, 0.15) is 5.76 Å². The Morgan fingerprint density at radius 2 is 1.88 bits per heavy atom. The highest BCUT2D eigenvalue weighted by Gasteiger charge is 2.33. The van der Waals surface area contributed by atoms with Gasteiger partial charge in [-0.2, -0.15) is 0 Å². The first-order valence-electron chi connectivity index (χ1n) is 9.34. The van der Waals surface area contributed by atoms with E-state index in [2.05, 4.69) is 15.9 Å². The molecule has 1 aliphatic rings. The van der Waals surface area contributed by atoms with Gasteiger partial charge in [-0.3, -0.25) is 19.8 Å². The van der Waals surface area contributed by atoms with Gasteiger partial charge in [0, 0.05) is 48.0 Å². The van der Waals surface area contributed by atoms with Crippen molar-refractivity contribution >= 4 is 73.3 Å². The van der Waals surface area contributed by atoms with Crippen molar-refractivity contribution in [2.24, 2.45) is 0 Å². The van der Waals surface area contributed by atoms with E-state index in [9.17, 15) is 14.9 Å². The number of non-ortho nitro benzene ring substituents is 1. The number of nitro benzene ring substituents is 1. The summed E-state index contributed by atoms with van der Waals surface area (Å²) in [7, 11) is 3.90. The minimum atomic E-state index is -0.460. The molecule has 1 aliphatic heterocycles. The first-order valence-corrected chi connectivity index (χ1v) is 11.4. The summed E-state index contributed by atoms with van der Waals surface area (Å²) in [6, 6.07) is 15.5. The zero-order chi connectivity index (χ0) is 23.0. The van der Waals surface area contributed by atoms with E-state index >= 15 is 0 Å². The molecular formula is C22H16BrN3O4S2. The predicted molar refractivity (Wildman–Crippen MR) is 135 cm³/mol. The molecule has 7 nitrogen and oxygen atoms in total. The number of carbonyl (C=O) groups excluding carboxylic acids is 1. The molecule has 10 heteroatoms. The average molecular weight is 530 g/mol. The Balaban J connectivity index is 1.58. The number of halogens is 1. The van der Waals surface area contributed by atoms with Gasteiger partial charge in [0.25, 0.3) is 11.6 Å². The summed E-state index contributed by atoms with van der Waals surface area (Å²) in [6.07, 6.45) is 1.65. The molecule has 2 heterocycles. The number of anilines is 2. The number of hydrogen-bond acceptors (Lipinski definition) is 7. The van der Waals surface area contributed by atoms with E-state index in [-0.39, 0.29) is 11.6 Å². The smallest absolute Gasteiger partial charge is 0.270 e. The number of rotatable bonds is 5. The Morgan fingerprint density at radius 3 is 2.50 bits per heavy atom. The maximum absolute atomic E-state index is 13.0. The Bertz CT molecular complexity index is 1270. The molecule has 162 valence electrons. The second-order valence-corrected chi connectivity index (χ2v) is 9.58. The molecule has 0 spiro atoms. The van der Waals surface area contributed by atoms with E-state index in [0.29, 0.717) is 36.5 Å².